The van der Waals surface area contributed by atoms with E-state index in [0.29, 0.717) is 0 Å². The molecule has 0 saturated carbocycles. The van der Waals surface area contributed by atoms with E-state index < -0.39 is 17.6 Å². The Balaban J connectivity index is 3.24. The summed E-state index contributed by atoms with van der Waals surface area (Å²) in [5.41, 5.74) is -0.841. The van der Waals surface area contributed by atoms with Gasteiger partial charge in [-0.15, -0.1) is 0 Å². The number of halogens is 3. The van der Waals surface area contributed by atoms with E-state index >= 15 is 0 Å². The highest BCUT2D eigenvalue weighted by molar-refractivity contribution is 5.31. The van der Waals surface area contributed by atoms with Gasteiger partial charge in [-0.25, -0.2) is 4.98 Å². The first-order chi connectivity index (χ1) is 5.93. The van der Waals surface area contributed by atoms with E-state index in [0.717, 1.165) is 6.07 Å². The first-order valence-corrected chi connectivity index (χ1v) is 3.30. The van der Waals surface area contributed by atoms with Crippen LogP contribution < -0.4 is 10.9 Å². The van der Waals surface area contributed by atoms with E-state index in [9.17, 15) is 18.0 Å². The number of alkyl halides is 3. The quantitative estimate of drug-likeness (QED) is 0.694. The van der Waals surface area contributed by atoms with E-state index in [-0.39, 0.29) is 5.82 Å². The maximum Gasteiger partial charge on any atom is 0.449 e. The van der Waals surface area contributed by atoms with Crippen LogP contribution in [0, 0.1) is 0 Å². The Labute approximate surface area is 70.8 Å². The molecule has 4 nitrogen and oxygen atoms in total. The number of rotatable bonds is 1. The van der Waals surface area contributed by atoms with Crippen LogP contribution in [0.4, 0.5) is 19.0 Å². The molecule has 1 aromatic rings. The predicted molar refractivity (Wildman–Crippen MR) is 39.4 cm³/mol. The smallest absolute Gasteiger partial charge is 0.373 e. The summed E-state index contributed by atoms with van der Waals surface area (Å²) in [6.07, 6.45) is -4.63. The molecule has 72 valence electrons. The van der Waals surface area contributed by atoms with Crippen molar-refractivity contribution in [3.8, 4) is 0 Å². The molecule has 1 heterocycles. The third-order valence-electron chi connectivity index (χ3n) is 1.27. The average Bonchev–Trinajstić information content (AvgIpc) is 2.01. The highest BCUT2D eigenvalue weighted by atomic mass is 19.4. The van der Waals surface area contributed by atoms with Gasteiger partial charge < -0.3 is 10.3 Å². The average molecular weight is 193 g/mol. The molecular formula is C6H6F3N3O. The van der Waals surface area contributed by atoms with Crippen LogP contribution in [-0.2, 0) is 6.18 Å². The Hall–Kier alpha value is -1.53. The van der Waals surface area contributed by atoms with Crippen molar-refractivity contribution < 1.29 is 13.2 Å². The SMILES string of the molecule is CNc1cc(=O)[nH]c(C(F)(F)F)n1. The standard InChI is InChI=1S/C6H6F3N3O/c1-10-3-2-4(13)12-5(11-3)6(7,8)9/h2H,1H3,(H2,10,11,12,13). The Kier molecular flexibility index (Phi) is 2.26. The van der Waals surface area contributed by atoms with Crippen LogP contribution in [0.15, 0.2) is 10.9 Å². The molecule has 1 rings (SSSR count). The molecule has 7 heteroatoms. The minimum Gasteiger partial charge on any atom is -0.373 e. The number of hydrogen-bond acceptors (Lipinski definition) is 3. The van der Waals surface area contributed by atoms with Gasteiger partial charge in [-0.2, -0.15) is 13.2 Å². The summed E-state index contributed by atoms with van der Waals surface area (Å²) in [6.45, 7) is 0. The topological polar surface area (TPSA) is 57.8 Å². The van der Waals surface area contributed by atoms with Gasteiger partial charge in [0.1, 0.15) is 5.82 Å². The molecule has 0 fully saturated rings. The monoisotopic (exact) mass is 193 g/mol. The third-order valence-corrected chi connectivity index (χ3v) is 1.27. The number of H-pyrrole nitrogens is 1. The fourth-order valence-electron chi connectivity index (χ4n) is 0.720. The zero-order valence-corrected chi connectivity index (χ0v) is 6.57. The second-order valence-corrected chi connectivity index (χ2v) is 2.23. The third kappa shape index (κ3) is 2.20. The Bertz CT molecular complexity index is 357. The number of aromatic nitrogens is 2. The van der Waals surface area contributed by atoms with Gasteiger partial charge in [0.2, 0.25) is 5.82 Å². The summed E-state index contributed by atoms with van der Waals surface area (Å²) >= 11 is 0. The van der Waals surface area contributed by atoms with E-state index in [1.165, 1.54) is 7.05 Å². The highest BCUT2D eigenvalue weighted by Gasteiger charge is 2.34. The number of anilines is 1. The summed E-state index contributed by atoms with van der Waals surface area (Å²) in [7, 11) is 1.38. The van der Waals surface area contributed by atoms with Crippen molar-refractivity contribution in [1.29, 1.82) is 0 Å². The summed E-state index contributed by atoms with van der Waals surface area (Å²) in [5.74, 6) is -1.42. The molecule has 0 atom stereocenters. The summed E-state index contributed by atoms with van der Waals surface area (Å²) < 4.78 is 36.1. The first-order valence-electron chi connectivity index (χ1n) is 3.30. The second kappa shape index (κ2) is 3.08. The maximum absolute atomic E-state index is 12.0. The van der Waals surface area contributed by atoms with Crippen LogP contribution >= 0.6 is 0 Å². The minimum atomic E-state index is -4.63. The number of nitrogens with one attached hydrogen (secondary N) is 2. The van der Waals surface area contributed by atoms with Crippen molar-refractivity contribution in [3.63, 3.8) is 0 Å². The van der Waals surface area contributed by atoms with Crippen molar-refractivity contribution in [2.75, 3.05) is 12.4 Å². The number of aromatic amines is 1. The predicted octanol–water partition coefficient (Wildman–Crippen LogP) is 0.830. The lowest BCUT2D eigenvalue weighted by Gasteiger charge is -2.06. The van der Waals surface area contributed by atoms with E-state index in [1.807, 2.05) is 0 Å². The lowest BCUT2D eigenvalue weighted by atomic mass is 10.5. The molecule has 0 radical (unpaired) electrons. The molecule has 2 N–H and O–H groups in total. The van der Waals surface area contributed by atoms with Crippen LogP contribution in [-0.4, -0.2) is 17.0 Å². The largest absolute Gasteiger partial charge is 0.449 e. The lowest BCUT2D eigenvalue weighted by molar-refractivity contribution is -0.145. The minimum absolute atomic E-state index is 0.115. The zero-order chi connectivity index (χ0) is 10.1. The number of nitrogens with zero attached hydrogens (tertiary/aromatic N) is 1. The van der Waals surface area contributed by atoms with Crippen molar-refractivity contribution in [3.05, 3.63) is 22.2 Å². The van der Waals surface area contributed by atoms with E-state index in [4.69, 9.17) is 0 Å². The van der Waals surface area contributed by atoms with Gasteiger partial charge in [0.25, 0.3) is 5.56 Å². The van der Waals surface area contributed by atoms with E-state index in [2.05, 4.69) is 10.3 Å². The van der Waals surface area contributed by atoms with Crippen LogP contribution in [0.25, 0.3) is 0 Å². The number of hydrogen-bond donors (Lipinski definition) is 2. The van der Waals surface area contributed by atoms with Crippen molar-refractivity contribution in [2.45, 2.75) is 6.18 Å². The first kappa shape index (κ1) is 9.56. The zero-order valence-electron chi connectivity index (χ0n) is 6.57. The van der Waals surface area contributed by atoms with Gasteiger partial charge in [0, 0.05) is 13.1 Å². The lowest BCUT2D eigenvalue weighted by Crippen LogP contribution is -2.19. The fourth-order valence-corrected chi connectivity index (χ4v) is 0.720. The van der Waals surface area contributed by atoms with Gasteiger partial charge in [0.15, 0.2) is 0 Å². The Morgan fingerprint density at radius 2 is 2.15 bits per heavy atom. The molecule has 13 heavy (non-hydrogen) atoms. The van der Waals surface area contributed by atoms with Gasteiger partial charge >= 0.3 is 6.18 Å². The molecule has 0 saturated heterocycles. The van der Waals surface area contributed by atoms with Gasteiger partial charge in [0.05, 0.1) is 0 Å². The van der Waals surface area contributed by atoms with Crippen molar-refractivity contribution >= 4 is 5.82 Å². The molecular weight excluding hydrogens is 187 g/mol. The normalized spacial score (nSPS) is 11.4. The molecule has 0 aliphatic rings. The molecule has 1 aromatic heterocycles. The van der Waals surface area contributed by atoms with E-state index in [1.54, 1.807) is 4.98 Å². The van der Waals surface area contributed by atoms with Crippen LogP contribution in [0.5, 0.6) is 0 Å². The molecule has 0 aromatic carbocycles. The van der Waals surface area contributed by atoms with Gasteiger partial charge in [-0.05, 0) is 0 Å². The van der Waals surface area contributed by atoms with Crippen LogP contribution in [0.1, 0.15) is 5.82 Å². The highest BCUT2D eigenvalue weighted by Crippen LogP contribution is 2.25. The molecule has 0 amide bonds. The van der Waals surface area contributed by atoms with Gasteiger partial charge in [-0.1, -0.05) is 0 Å². The molecule has 0 aliphatic heterocycles. The summed E-state index contributed by atoms with van der Waals surface area (Å²) in [4.78, 5) is 15.4. The molecule has 0 spiro atoms. The van der Waals surface area contributed by atoms with Crippen molar-refractivity contribution in [2.24, 2.45) is 0 Å². The van der Waals surface area contributed by atoms with Crippen molar-refractivity contribution in [1.82, 2.24) is 9.97 Å². The molecule has 0 unspecified atom stereocenters. The maximum atomic E-state index is 12.0. The summed E-state index contributed by atoms with van der Waals surface area (Å²) in [6, 6.07) is 0.940. The van der Waals surface area contributed by atoms with Crippen LogP contribution in [0.2, 0.25) is 0 Å². The Morgan fingerprint density at radius 1 is 1.54 bits per heavy atom. The van der Waals surface area contributed by atoms with Gasteiger partial charge in [-0.3, -0.25) is 4.79 Å². The fraction of sp³-hybridized carbons (Fsp3) is 0.333. The molecule has 0 bridgehead atoms. The van der Waals surface area contributed by atoms with Crippen LogP contribution in [0.3, 0.4) is 0 Å². The second-order valence-electron chi connectivity index (χ2n) is 2.23. The Morgan fingerprint density at radius 3 is 2.62 bits per heavy atom. The molecule has 0 aliphatic carbocycles. The summed E-state index contributed by atoms with van der Waals surface area (Å²) in [5, 5.41) is 2.35.